The molecule has 1 aliphatic rings. The van der Waals surface area contributed by atoms with Crippen molar-refractivity contribution in [3.63, 3.8) is 0 Å². The topological polar surface area (TPSA) is 76.2 Å². The van der Waals surface area contributed by atoms with Gasteiger partial charge in [0.1, 0.15) is 0 Å². The number of ether oxygens (including phenoxy) is 2. The summed E-state index contributed by atoms with van der Waals surface area (Å²) in [6.45, 7) is 4.67. The third-order valence-electron chi connectivity index (χ3n) is 4.04. The van der Waals surface area contributed by atoms with Crippen LogP contribution in [0.25, 0.3) is 0 Å². The summed E-state index contributed by atoms with van der Waals surface area (Å²) in [5, 5.41) is 9.93. The fraction of sp³-hybridized carbons (Fsp3) is 0.412. The van der Waals surface area contributed by atoms with Crippen LogP contribution < -0.4 is 14.8 Å². The minimum atomic E-state index is -0.0355. The number of aromatic amines is 1. The number of anilines is 1. The molecule has 2 aromatic rings. The lowest BCUT2D eigenvalue weighted by atomic mass is 9.85. The predicted octanol–water partition coefficient (Wildman–Crippen LogP) is 2.99. The zero-order valence-electron chi connectivity index (χ0n) is 13.6. The summed E-state index contributed by atoms with van der Waals surface area (Å²) in [6.07, 6.45) is 1.33. The number of aryl methyl sites for hydroxylation is 1. The van der Waals surface area contributed by atoms with Crippen molar-refractivity contribution in [3.8, 4) is 11.5 Å². The molecule has 0 bridgehead atoms. The second-order valence-corrected chi connectivity index (χ2v) is 5.67. The number of hydrogen-bond donors (Lipinski definition) is 2. The number of H-pyrrole nitrogens is 1. The van der Waals surface area contributed by atoms with E-state index in [1.807, 2.05) is 25.1 Å². The monoisotopic (exact) mass is 315 g/mol. The van der Waals surface area contributed by atoms with Crippen molar-refractivity contribution in [2.75, 3.05) is 19.0 Å². The SMILES string of the molecule is CCCOc1ccc(C2CC(=O)Nc3n[nH]c(C)c32)cc1OC. The van der Waals surface area contributed by atoms with Gasteiger partial charge in [-0.15, -0.1) is 0 Å². The third kappa shape index (κ3) is 2.88. The number of methoxy groups -OCH3 is 1. The largest absolute Gasteiger partial charge is 0.493 e. The molecule has 0 saturated heterocycles. The van der Waals surface area contributed by atoms with E-state index in [2.05, 4.69) is 22.4 Å². The molecule has 2 heterocycles. The van der Waals surface area contributed by atoms with Crippen molar-refractivity contribution in [1.29, 1.82) is 0 Å². The van der Waals surface area contributed by atoms with Gasteiger partial charge in [0.2, 0.25) is 5.91 Å². The van der Waals surface area contributed by atoms with E-state index in [1.165, 1.54) is 0 Å². The van der Waals surface area contributed by atoms with Crippen LogP contribution in [0.2, 0.25) is 0 Å². The second kappa shape index (κ2) is 6.32. The van der Waals surface area contributed by atoms with Gasteiger partial charge >= 0.3 is 0 Å². The number of benzene rings is 1. The highest BCUT2D eigenvalue weighted by atomic mass is 16.5. The van der Waals surface area contributed by atoms with E-state index in [0.29, 0.717) is 24.6 Å². The number of carbonyl (C=O) groups is 1. The molecule has 1 aromatic carbocycles. The molecule has 23 heavy (non-hydrogen) atoms. The van der Waals surface area contributed by atoms with E-state index >= 15 is 0 Å². The molecule has 122 valence electrons. The molecule has 3 rings (SSSR count). The van der Waals surface area contributed by atoms with Crippen LogP contribution in [0.15, 0.2) is 18.2 Å². The Morgan fingerprint density at radius 1 is 1.35 bits per heavy atom. The van der Waals surface area contributed by atoms with Crippen LogP contribution in [0.1, 0.15) is 42.5 Å². The van der Waals surface area contributed by atoms with Gasteiger partial charge in [0.15, 0.2) is 17.3 Å². The van der Waals surface area contributed by atoms with Crippen molar-refractivity contribution in [2.45, 2.75) is 32.6 Å². The Bertz CT molecular complexity index is 724. The second-order valence-electron chi connectivity index (χ2n) is 5.67. The predicted molar refractivity (Wildman–Crippen MR) is 87.2 cm³/mol. The Kier molecular flexibility index (Phi) is 4.23. The standard InChI is InChI=1S/C17H21N3O3/c1-4-7-23-13-6-5-11(8-14(13)22-3)12-9-15(21)18-17-16(12)10(2)19-20-17/h5-6,8,12H,4,7,9H2,1-3H3,(H2,18,19,20,21). The maximum absolute atomic E-state index is 12.0. The number of rotatable bonds is 5. The summed E-state index contributed by atoms with van der Waals surface area (Å²) in [7, 11) is 1.63. The van der Waals surface area contributed by atoms with Gasteiger partial charge in [-0.2, -0.15) is 5.10 Å². The summed E-state index contributed by atoms with van der Waals surface area (Å²) in [5.41, 5.74) is 3.02. The van der Waals surface area contributed by atoms with Crippen molar-refractivity contribution in [3.05, 3.63) is 35.0 Å². The van der Waals surface area contributed by atoms with E-state index < -0.39 is 0 Å². The molecular weight excluding hydrogens is 294 g/mol. The molecule has 1 aliphatic heterocycles. The lowest BCUT2D eigenvalue weighted by Gasteiger charge is -2.23. The normalized spacial score (nSPS) is 16.7. The van der Waals surface area contributed by atoms with Gasteiger partial charge in [0.05, 0.1) is 13.7 Å². The van der Waals surface area contributed by atoms with Crippen molar-refractivity contribution in [2.24, 2.45) is 0 Å². The number of fused-ring (bicyclic) bond motifs is 1. The molecule has 6 nitrogen and oxygen atoms in total. The number of hydrogen-bond acceptors (Lipinski definition) is 4. The van der Waals surface area contributed by atoms with Gasteiger partial charge < -0.3 is 14.8 Å². The highest BCUT2D eigenvalue weighted by Crippen LogP contribution is 2.40. The summed E-state index contributed by atoms with van der Waals surface area (Å²) in [6, 6.07) is 5.85. The van der Waals surface area contributed by atoms with Crippen LogP contribution in [0.4, 0.5) is 5.82 Å². The van der Waals surface area contributed by atoms with Crippen LogP contribution in [0, 0.1) is 6.92 Å². The first kappa shape index (κ1) is 15.4. The smallest absolute Gasteiger partial charge is 0.226 e. The Morgan fingerprint density at radius 2 is 2.17 bits per heavy atom. The zero-order chi connectivity index (χ0) is 16.4. The van der Waals surface area contributed by atoms with Gasteiger partial charge in [-0.05, 0) is 31.0 Å². The molecule has 2 N–H and O–H groups in total. The number of nitrogens with one attached hydrogen (secondary N) is 2. The van der Waals surface area contributed by atoms with Crippen LogP contribution in [0.3, 0.4) is 0 Å². The summed E-state index contributed by atoms with van der Waals surface area (Å²) >= 11 is 0. The molecule has 0 fully saturated rings. The first-order chi connectivity index (χ1) is 11.1. The van der Waals surface area contributed by atoms with Crippen LogP contribution in [-0.2, 0) is 4.79 Å². The Labute approximate surface area is 135 Å². The fourth-order valence-electron chi connectivity index (χ4n) is 2.95. The van der Waals surface area contributed by atoms with Gasteiger partial charge in [0.25, 0.3) is 0 Å². The average Bonchev–Trinajstić information content (AvgIpc) is 2.93. The molecule has 1 unspecified atom stereocenters. The summed E-state index contributed by atoms with van der Waals surface area (Å²) < 4.78 is 11.1. The fourth-order valence-corrected chi connectivity index (χ4v) is 2.95. The van der Waals surface area contributed by atoms with E-state index in [1.54, 1.807) is 7.11 Å². The quantitative estimate of drug-likeness (QED) is 0.889. The van der Waals surface area contributed by atoms with E-state index in [0.717, 1.165) is 29.0 Å². The zero-order valence-corrected chi connectivity index (χ0v) is 13.6. The third-order valence-corrected chi connectivity index (χ3v) is 4.04. The number of carbonyl (C=O) groups excluding carboxylic acids is 1. The molecule has 1 amide bonds. The molecular formula is C17H21N3O3. The van der Waals surface area contributed by atoms with Gasteiger partial charge in [0, 0.05) is 23.6 Å². The molecule has 0 aliphatic carbocycles. The first-order valence-corrected chi connectivity index (χ1v) is 7.79. The van der Waals surface area contributed by atoms with Crippen LogP contribution in [0.5, 0.6) is 11.5 Å². The molecule has 1 atom stereocenters. The maximum atomic E-state index is 12.0. The highest BCUT2D eigenvalue weighted by molar-refractivity contribution is 5.94. The first-order valence-electron chi connectivity index (χ1n) is 7.79. The molecule has 6 heteroatoms. The summed E-state index contributed by atoms with van der Waals surface area (Å²) in [5.74, 6) is 1.96. The Balaban J connectivity index is 1.98. The Morgan fingerprint density at radius 3 is 2.91 bits per heavy atom. The number of nitrogens with zero attached hydrogens (tertiary/aromatic N) is 1. The van der Waals surface area contributed by atoms with Crippen molar-refractivity contribution >= 4 is 11.7 Å². The Hall–Kier alpha value is -2.50. The lowest BCUT2D eigenvalue weighted by molar-refractivity contribution is -0.116. The average molecular weight is 315 g/mol. The van der Waals surface area contributed by atoms with E-state index in [-0.39, 0.29) is 11.8 Å². The van der Waals surface area contributed by atoms with Crippen LogP contribution >= 0.6 is 0 Å². The van der Waals surface area contributed by atoms with Crippen LogP contribution in [-0.4, -0.2) is 29.8 Å². The van der Waals surface area contributed by atoms with Gasteiger partial charge in [-0.1, -0.05) is 13.0 Å². The molecule has 0 spiro atoms. The minimum Gasteiger partial charge on any atom is -0.493 e. The van der Waals surface area contributed by atoms with E-state index in [4.69, 9.17) is 9.47 Å². The van der Waals surface area contributed by atoms with Crippen molar-refractivity contribution in [1.82, 2.24) is 10.2 Å². The number of amides is 1. The van der Waals surface area contributed by atoms with Crippen molar-refractivity contribution < 1.29 is 14.3 Å². The highest BCUT2D eigenvalue weighted by Gasteiger charge is 2.30. The van der Waals surface area contributed by atoms with Gasteiger partial charge in [-0.3, -0.25) is 9.89 Å². The van der Waals surface area contributed by atoms with Gasteiger partial charge in [-0.25, -0.2) is 0 Å². The molecule has 1 aromatic heterocycles. The molecule has 0 saturated carbocycles. The minimum absolute atomic E-state index is 0.0284. The molecule has 0 radical (unpaired) electrons. The summed E-state index contributed by atoms with van der Waals surface area (Å²) in [4.78, 5) is 12.0. The maximum Gasteiger partial charge on any atom is 0.226 e. The number of aromatic nitrogens is 2. The van der Waals surface area contributed by atoms with E-state index in [9.17, 15) is 4.79 Å². The lowest BCUT2D eigenvalue weighted by Crippen LogP contribution is -2.23.